The normalized spacial score (nSPS) is 12.7. The van der Waals surface area contributed by atoms with Gasteiger partial charge in [0, 0.05) is 16.3 Å². The summed E-state index contributed by atoms with van der Waals surface area (Å²) in [5.41, 5.74) is 3.10. The predicted octanol–water partition coefficient (Wildman–Crippen LogP) is 4.85. The number of hydrogen-bond acceptors (Lipinski definition) is 2. The van der Waals surface area contributed by atoms with Gasteiger partial charge >= 0.3 is 0 Å². The van der Waals surface area contributed by atoms with E-state index in [9.17, 15) is 4.39 Å². The summed E-state index contributed by atoms with van der Waals surface area (Å²) in [6.45, 7) is 2.00. The van der Waals surface area contributed by atoms with E-state index >= 15 is 0 Å². The first-order chi connectivity index (χ1) is 10.2. The lowest BCUT2D eigenvalue weighted by Gasteiger charge is -2.18. The standard InChI is InChI=1S/C18H18FNS/c1-12-7-8-16(19)15(9-12)17(20-2)10-13-11-21-18-6-4-3-5-14(13)18/h3-9,11,17,20H,10H2,1-2H3. The molecule has 0 spiro atoms. The summed E-state index contributed by atoms with van der Waals surface area (Å²) in [5.74, 6) is -0.139. The van der Waals surface area contributed by atoms with Crippen LogP contribution < -0.4 is 5.32 Å². The number of rotatable bonds is 4. The van der Waals surface area contributed by atoms with Crippen LogP contribution in [0.15, 0.2) is 47.8 Å². The maximum atomic E-state index is 14.1. The molecule has 21 heavy (non-hydrogen) atoms. The van der Waals surface area contributed by atoms with Crippen LogP contribution in [0.4, 0.5) is 4.39 Å². The van der Waals surface area contributed by atoms with E-state index in [-0.39, 0.29) is 11.9 Å². The smallest absolute Gasteiger partial charge is 0.128 e. The van der Waals surface area contributed by atoms with Crippen LogP contribution in [-0.4, -0.2) is 7.05 Å². The quantitative estimate of drug-likeness (QED) is 0.726. The van der Waals surface area contributed by atoms with Gasteiger partial charge in [0.1, 0.15) is 5.82 Å². The molecule has 1 atom stereocenters. The molecule has 108 valence electrons. The zero-order valence-electron chi connectivity index (χ0n) is 12.2. The zero-order chi connectivity index (χ0) is 14.8. The lowest BCUT2D eigenvalue weighted by atomic mass is 9.97. The van der Waals surface area contributed by atoms with Gasteiger partial charge < -0.3 is 5.32 Å². The molecule has 1 unspecified atom stereocenters. The highest BCUT2D eigenvalue weighted by molar-refractivity contribution is 7.17. The first-order valence-electron chi connectivity index (χ1n) is 7.07. The third-order valence-corrected chi connectivity index (χ3v) is 4.87. The van der Waals surface area contributed by atoms with Gasteiger partial charge in [-0.2, -0.15) is 0 Å². The number of aryl methyl sites for hydroxylation is 1. The van der Waals surface area contributed by atoms with E-state index in [1.54, 1.807) is 17.4 Å². The van der Waals surface area contributed by atoms with Gasteiger partial charge in [-0.15, -0.1) is 11.3 Å². The van der Waals surface area contributed by atoms with E-state index in [4.69, 9.17) is 0 Å². The van der Waals surface area contributed by atoms with Crippen LogP contribution >= 0.6 is 11.3 Å². The molecular weight excluding hydrogens is 281 g/mol. The second-order valence-corrected chi connectivity index (χ2v) is 6.24. The van der Waals surface area contributed by atoms with Crippen LogP contribution in [0.25, 0.3) is 10.1 Å². The van der Waals surface area contributed by atoms with Gasteiger partial charge in [0.25, 0.3) is 0 Å². The summed E-state index contributed by atoms with van der Waals surface area (Å²) >= 11 is 1.75. The summed E-state index contributed by atoms with van der Waals surface area (Å²) in [5, 5.41) is 6.71. The molecule has 0 radical (unpaired) electrons. The Morgan fingerprint density at radius 2 is 2.00 bits per heavy atom. The third-order valence-electron chi connectivity index (χ3n) is 3.86. The van der Waals surface area contributed by atoms with E-state index in [0.29, 0.717) is 0 Å². The van der Waals surface area contributed by atoms with Crippen LogP contribution in [-0.2, 0) is 6.42 Å². The minimum absolute atomic E-state index is 0.0112. The number of fused-ring (bicyclic) bond motifs is 1. The molecule has 0 fully saturated rings. The van der Waals surface area contributed by atoms with Gasteiger partial charge in [0.05, 0.1) is 0 Å². The number of benzene rings is 2. The SMILES string of the molecule is CNC(Cc1csc2ccccc12)c1cc(C)ccc1F. The van der Waals surface area contributed by atoms with E-state index in [1.165, 1.54) is 15.6 Å². The van der Waals surface area contributed by atoms with Crippen molar-refractivity contribution in [1.82, 2.24) is 5.32 Å². The Hall–Kier alpha value is -1.71. The van der Waals surface area contributed by atoms with Crippen molar-refractivity contribution in [2.75, 3.05) is 7.05 Å². The van der Waals surface area contributed by atoms with Crippen molar-refractivity contribution in [3.05, 3.63) is 70.4 Å². The molecule has 0 bridgehead atoms. The van der Waals surface area contributed by atoms with E-state index in [2.05, 4.69) is 35.0 Å². The zero-order valence-corrected chi connectivity index (χ0v) is 13.0. The highest BCUT2D eigenvalue weighted by atomic mass is 32.1. The Kier molecular flexibility index (Phi) is 4.04. The van der Waals surface area contributed by atoms with E-state index < -0.39 is 0 Å². The Bertz CT molecular complexity index is 763. The second kappa shape index (κ2) is 5.96. The largest absolute Gasteiger partial charge is 0.313 e. The van der Waals surface area contributed by atoms with Gasteiger partial charge in [-0.25, -0.2) is 4.39 Å². The number of hydrogen-bond donors (Lipinski definition) is 1. The molecule has 0 saturated heterocycles. The minimum atomic E-state index is -0.139. The summed E-state index contributed by atoms with van der Waals surface area (Å²) < 4.78 is 15.4. The Morgan fingerprint density at radius 1 is 1.19 bits per heavy atom. The van der Waals surface area contributed by atoms with Gasteiger partial charge in [0.2, 0.25) is 0 Å². The van der Waals surface area contributed by atoms with Crippen LogP contribution in [0.1, 0.15) is 22.7 Å². The maximum absolute atomic E-state index is 14.1. The molecule has 0 amide bonds. The predicted molar refractivity (Wildman–Crippen MR) is 88.5 cm³/mol. The third kappa shape index (κ3) is 2.85. The fraction of sp³-hybridized carbons (Fsp3) is 0.222. The van der Waals surface area contributed by atoms with Crippen molar-refractivity contribution in [2.45, 2.75) is 19.4 Å². The first kappa shape index (κ1) is 14.2. The molecule has 1 aromatic heterocycles. The average molecular weight is 299 g/mol. The molecule has 3 rings (SSSR count). The van der Waals surface area contributed by atoms with Gasteiger partial charge in [0.15, 0.2) is 0 Å². The Labute approximate surface area is 128 Å². The highest BCUT2D eigenvalue weighted by Gasteiger charge is 2.16. The molecule has 0 aliphatic heterocycles. The second-order valence-electron chi connectivity index (χ2n) is 5.33. The molecule has 3 aromatic rings. The van der Waals surface area contributed by atoms with Gasteiger partial charge in [-0.3, -0.25) is 0 Å². The molecule has 0 aliphatic carbocycles. The summed E-state index contributed by atoms with van der Waals surface area (Å²) in [6.07, 6.45) is 0.793. The van der Waals surface area contributed by atoms with Gasteiger partial charge in [-0.05, 0) is 48.9 Å². The van der Waals surface area contributed by atoms with Crippen LogP contribution in [0.5, 0.6) is 0 Å². The van der Waals surface area contributed by atoms with E-state index in [0.717, 1.165) is 17.5 Å². The lowest BCUT2D eigenvalue weighted by molar-refractivity contribution is 0.534. The number of thiophene rings is 1. The van der Waals surface area contributed by atoms with Crippen LogP contribution in [0.3, 0.4) is 0 Å². The summed E-state index contributed by atoms with van der Waals surface area (Å²) in [7, 11) is 1.89. The summed E-state index contributed by atoms with van der Waals surface area (Å²) in [4.78, 5) is 0. The fourth-order valence-corrected chi connectivity index (χ4v) is 3.68. The molecule has 0 aliphatic rings. The van der Waals surface area contributed by atoms with Gasteiger partial charge in [-0.1, -0.05) is 35.9 Å². The van der Waals surface area contributed by atoms with Crippen molar-refractivity contribution >= 4 is 21.4 Å². The van der Waals surface area contributed by atoms with Crippen molar-refractivity contribution in [3.8, 4) is 0 Å². The van der Waals surface area contributed by atoms with E-state index in [1.807, 2.05) is 26.1 Å². The van der Waals surface area contributed by atoms with Crippen LogP contribution in [0, 0.1) is 12.7 Å². The fourth-order valence-electron chi connectivity index (χ4n) is 2.71. The molecule has 0 saturated carbocycles. The van der Waals surface area contributed by atoms with Crippen molar-refractivity contribution in [3.63, 3.8) is 0 Å². The monoisotopic (exact) mass is 299 g/mol. The number of halogens is 1. The topological polar surface area (TPSA) is 12.0 Å². The Balaban J connectivity index is 1.96. The van der Waals surface area contributed by atoms with Crippen molar-refractivity contribution in [2.24, 2.45) is 0 Å². The van der Waals surface area contributed by atoms with Crippen LogP contribution in [0.2, 0.25) is 0 Å². The molecule has 1 nitrogen and oxygen atoms in total. The molecule has 1 N–H and O–H groups in total. The summed E-state index contributed by atoms with van der Waals surface area (Å²) in [6, 6.07) is 13.7. The number of nitrogens with one attached hydrogen (secondary N) is 1. The molecule has 2 aromatic carbocycles. The average Bonchev–Trinajstić information content (AvgIpc) is 2.91. The molecule has 1 heterocycles. The highest BCUT2D eigenvalue weighted by Crippen LogP contribution is 2.30. The van der Waals surface area contributed by atoms with Crippen molar-refractivity contribution in [1.29, 1.82) is 0 Å². The Morgan fingerprint density at radius 3 is 2.81 bits per heavy atom. The lowest BCUT2D eigenvalue weighted by Crippen LogP contribution is -2.20. The van der Waals surface area contributed by atoms with Crippen molar-refractivity contribution < 1.29 is 4.39 Å². The maximum Gasteiger partial charge on any atom is 0.128 e. The molecule has 3 heteroatoms. The minimum Gasteiger partial charge on any atom is -0.313 e. The first-order valence-corrected chi connectivity index (χ1v) is 7.95. The molecular formula is C18H18FNS. The number of likely N-dealkylation sites (N-methyl/N-ethyl adjacent to an activating group) is 1.